The van der Waals surface area contributed by atoms with E-state index in [-0.39, 0.29) is 0 Å². The molecule has 3 atom stereocenters. The Kier molecular flexibility index (Phi) is 6.32. The van der Waals surface area contributed by atoms with Crippen LogP contribution in [0.25, 0.3) is 0 Å². The first kappa shape index (κ1) is 17.0. The van der Waals surface area contributed by atoms with Gasteiger partial charge in [0, 0.05) is 30.7 Å². The van der Waals surface area contributed by atoms with Gasteiger partial charge in [0.1, 0.15) is 0 Å². The maximum absolute atomic E-state index is 3.86. The van der Waals surface area contributed by atoms with Crippen LogP contribution in [0.15, 0.2) is 0 Å². The Morgan fingerprint density at radius 1 is 1.11 bits per heavy atom. The van der Waals surface area contributed by atoms with E-state index < -0.39 is 0 Å². The standard InChI is InChI=1S/C17H36N2/c1-8-14(6)15(7)19-12-17(9-2,10-3)18-11-16(19)13(4)5/h13-16,18H,8-12H2,1-7H3. The fraction of sp³-hybridized carbons (Fsp3) is 1.00. The summed E-state index contributed by atoms with van der Waals surface area (Å²) in [7, 11) is 0. The predicted molar refractivity (Wildman–Crippen MR) is 85.6 cm³/mol. The quantitative estimate of drug-likeness (QED) is 0.786. The van der Waals surface area contributed by atoms with Crippen LogP contribution in [0.5, 0.6) is 0 Å². The molecule has 0 aliphatic carbocycles. The number of nitrogens with one attached hydrogen (secondary N) is 1. The van der Waals surface area contributed by atoms with E-state index in [9.17, 15) is 0 Å². The lowest BCUT2D eigenvalue weighted by molar-refractivity contribution is 0.00505. The average Bonchev–Trinajstić information content (AvgIpc) is 2.44. The second-order valence-corrected chi connectivity index (χ2v) is 6.98. The molecule has 0 saturated carbocycles. The normalized spacial score (nSPS) is 27.5. The van der Waals surface area contributed by atoms with Gasteiger partial charge in [-0.1, -0.05) is 48.0 Å². The summed E-state index contributed by atoms with van der Waals surface area (Å²) in [5.74, 6) is 1.51. The van der Waals surface area contributed by atoms with Gasteiger partial charge in [-0.15, -0.1) is 0 Å². The molecule has 0 aromatic carbocycles. The van der Waals surface area contributed by atoms with Crippen molar-refractivity contribution in [1.82, 2.24) is 10.2 Å². The van der Waals surface area contributed by atoms with Gasteiger partial charge in [-0.05, 0) is 31.6 Å². The topological polar surface area (TPSA) is 15.3 Å². The van der Waals surface area contributed by atoms with Crippen LogP contribution in [0.3, 0.4) is 0 Å². The number of nitrogens with zero attached hydrogens (tertiary/aromatic N) is 1. The largest absolute Gasteiger partial charge is 0.308 e. The van der Waals surface area contributed by atoms with Crippen LogP contribution < -0.4 is 5.32 Å². The molecule has 1 rings (SSSR count). The molecule has 1 saturated heterocycles. The summed E-state index contributed by atoms with van der Waals surface area (Å²) in [5.41, 5.74) is 0.340. The minimum Gasteiger partial charge on any atom is -0.308 e. The zero-order chi connectivity index (χ0) is 14.6. The zero-order valence-electron chi connectivity index (χ0n) is 14.3. The molecule has 3 unspecified atom stereocenters. The van der Waals surface area contributed by atoms with E-state index >= 15 is 0 Å². The van der Waals surface area contributed by atoms with Crippen LogP contribution >= 0.6 is 0 Å². The third kappa shape index (κ3) is 3.72. The van der Waals surface area contributed by atoms with Crippen molar-refractivity contribution in [2.75, 3.05) is 13.1 Å². The third-order valence-corrected chi connectivity index (χ3v) is 5.71. The first-order valence-electron chi connectivity index (χ1n) is 8.41. The Morgan fingerprint density at radius 2 is 1.68 bits per heavy atom. The van der Waals surface area contributed by atoms with E-state index in [1.165, 1.54) is 25.8 Å². The molecule has 1 fully saturated rings. The number of hydrogen-bond acceptors (Lipinski definition) is 2. The second kappa shape index (κ2) is 7.08. The number of piperazine rings is 1. The Hall–Kier alpha value is -0.0800. The van der Waals surface area contributed by atoms with Gasteiger partial charge in [0.25, 0.3) is 0 Å². The summed E-state index contributed by atoms with van der Waals surface area (Å²) < 4.78 is 0. The molecule has 1 aliphatic heterocycles. The summed E-state index contributed by atoms with van der Waals surface area (Å²) >= 11 is 0. The van der Waals surface area contributed by atoms with Gasteiger partial charge in [-0.25, -0.2) is 0 Å². The highest BCUT2D eigenvalue weighted by atomic mass is 15.3. The van der Waals surface area contributed by atoms with Gasteiger partial charge in [0.15, 0.2) is 0 Å². The van der Waals surface area contributed by atoms with Crippen molar-refractivity contribution >= 4 is 0 Å². The van der Waals surface area contributed by atoms with Crippen molar-refractivity contribution in [2.45, 2.75) is 85.4 Å². The van der Waals surface area contributed by atoms with Gasteiger partial charge in [-0.2, -0.15) is 0 Å². The molecule has 1 heterocycles. The monoisotopic (exact) mass is 268 g/mol. The average molecular weight is 268 g/mol. The fourth-order valence-electron chi connectivity index (χ4n) is 3.42. The summed E-state index contributed by atoms with van der Waals surface area (Å²) in [4.78, 5) is 2.81. The van der Waals surface area contributed by atoms with Gasteiger partial charge in [0.2, 0.25) is 0 Å². The van der Waals surface area contributed by atoms with E-state index in [1.807, 2.05) is 0 Å². The van der Waals surface area contributed by atoms with Crippen LogP contribution in [0, 0.1) is 11.8 Å². The van der Waals surface area contributed by atoms with Crippen LogP contribution in [-0.2, 0) is 0 Å². The lowest BCUT2D eigenvalue weighted by Gasteiger charge is -2.52. The van der Waals surface area contributed by atoms with Crippen LogP contribution in [0.2, 0.25) is 0 Å². The first-order valence-corrected chi connectivity index (χ1v) is 8.41. The molecule has 1 N–H and O–H groups in total. The Morgan fingerprint density at radius 3 is 2.11 bits per heavy atom. The first-order chi connectivity index (χ1) is 8.90. The maximum Gasteiger partial charge on any atom is 0.0304 e. The molecular weight excluding hydrogens is 232 g/mol. The van der Waals surface area contributed by atoms with Crippen molar-refractivity contribution in [3.63, 3.8) is 0 Å². The summed E-state index contributed by atoms with van der Waals surface area (Å²) in [6.45, 7) is 18.9. The van der Waals surface area contributed by atoms with Gasteiger partial charge >= 0.3 is 0 Å². The van der Waals surface area contributed by atoms with Gasteiger partial charge in [0.05, 0.1) is 0 Å². The molecule has 0 aromatic heterocycles. The van der Waals surface area contributed by atoms with Crippen LogP contribution in [0.4, 0.5) is 0 Å². The molecule has 0 aromatic rings. The van der Waals surface area contributed by atoms with Gasteiger partial charge < -0.3 is 5.32 Å². The summed E-state index contributed by atoms with van der Waals surface area (Å²) in [6.07, 6.45) is 3.75. The minimum absolute atomic E-state index is 0.340. The third-order valence-electron chi connectivity index (χ3n) is 5.71. The lowest BCUT2D eigenvalue weighted by Crippen LogP contribution is -2.67. The highest BCUT2D eigenvalue weighted by molar-refractivity contribution is 4.99. The van der Waals surface area contributed by atoms with Crippen molar-refractivity contribution < 1.29 is 0 Å². The molecule has 0 radical (unpaired) electrons. The van der Waals surface area contributed by atoms with Gasteiger partial charge in [-0.3, -0.25) is 4.90 Å². The van der Waals surface area contributed by atoms with E-state index in [1.54, 1.807) is 0 Å². The summed E-state index contributed by atoms with van der Waals surface area (Å²) in [6, 6.07) is 1.38. The van der Waals surface area contributed by atoms with E-state index in [4.69, 9.17) is 0 Å². The molecule has 114 valence electrons. The Balaban J connectivity index is 2.90. The molecule has 0 bridgehead atoms. The van der Waals surface area contributed by atoms with Crippen LogP contribution in [-0.4, -0.2) is 35.6 Å². The number of hydrogen-bond donors (Lipinski definition) is 1. The summed E-state index contributed by atoms with van der Waals surface area (Å²) in [5, 5.41) is 3.86. The van der Waals surface area contributed by atoms with Crippen LogP contribution in [0.1, 0.15) is 67.7 Å². The minimum atomic E-state index is 0.340. The highest BCUT2D eigenvalue weighted by Gasteiger charge is 2.40. The number of rotatable bonds is 6. The van der Waals surface area contributed by atoms with Crippen molar-refractivity contribution in [3.8, 4) is 0 Å². The molecule has 19 heavy (non-hydrogen) atoms. The lowest BCUT2D eigenvalue weighted by atomic mass is 9.84. The maximum atomic E-state index is 3.86. The molecular formula is C17H36N2. The second-order valence-electron chi connectivity index (χ2n) is 6.98. The smallest absolute Gasteiger partial charge is 0.0304 e. The molecule has 1 aliphatic rings. The van der Waals surface area contributed by atoms with E-state index in [0.29, 0.717) is 17.6 Å². The Labute approximate surface area is 121 Å². The Bertz CT molecular complexity index is 258. The van der Waals surface area contributed by atoms with Crippen molar-refractivity contribution in [3.05, 3.63) is 0 Å². The van der Waals surface area contributed by atoms with E-state index in [2.05, 4.69) is 58.7 Å². The SMILES string of the molecule is CCC(C)C(C)N1CC(CC)(CC)NCC1C(C)C. The molecule has 2 nitrogen and oxygen atoms in total. The molecule has 0 spiro atoms. The van der Waals surface area contributed by atoms with E-state index in [0.717, 1.165) is 18.4 Å². The predicted octanol–water partition coefficient (Wildman–Crippen LogP) is 3.91. The highest BCUT2D eigenvalue weighted by Crippen LogP contribution is 2.29. The van der Waals surface area contributed by atoms with Crippen molar-refractivity contribution in [1.29, 1.82) is 0 Å². The fourth-order valence-corrected chi connectivity index (χ4v) is 3.42. The molecule has 0 amide bonds. The molecule has 2 heteroatoms. The zero-order valence-corrected chi connectivity index (χ0v) is 14.3. The van der Waals surface area contributed by atoms with Crippen molar-refractivity contribution in [2.24, 2.45) is 11.8 Å².